The topological polar surface area (TPSA) is 55.1 Å². The van der Waals surface area contributed by atoms with Crippen LogP contribution in [0.15, 0.2) is 24.3 Å². The molecule has 3 atom stereocenters. The van der Waals surface area contributed by atoms with Crippen LogP contribution in [0.25, 0.3) is 0 Å². The van der Waals surface area contributed by atoms with Gasteiger partial charge in [-0.25, -0.2) is 0 Å². The monoisotopic (exact) mass is 282 g/mol. The summed E-state index contributed by atoms with van der Waals surface area (Å²) in [6, 6.07) is 8.35. The highest BCUT2D eigenvalue weighted by molar-refractivity contribution is 5.85. The van der Waals surface area contributed by atoms with E-state index in [0.29, 0.717) is 0 Å². The summed E-state index contributed by atoms with van der Waals surface area (Å²) in [4.78, 5) is 12.1. The van der Waals surface area contributed by atoms with Crippen molar-refractivity contribution >= 4 is 18.3 Å². The first-order valence-electron chi connectivity index (χ1n) is 6.70. The number of carbonyl (C=O) groups excluding carboxylic acids is 1. The van der Waals surface area contributed by atoms with Crippen molar-refractivity contribution in [3.63, 3.8) is 0 Å². The number of rotatable bonds is 3. The molecule has 4 heteroatoms. The second kappa shape index (κ2) is 6.92. The Hall–Kier alpha value is -1.06. The zero-order valence-electron chi connectivity index (χ0n) is 11.6. The third-order valence-corrected chi connectivity index (χ3v) is 3.84. The molecule has 1 aromatic rings. The second-order valence-corrected chi connectivity index (χ2v) is 5.34. The van der Waals surface area contributed by atoms with Gasteiger partial charge in [0.1, 0.15) is 0 Å². The van der Waals surface area contributed by atoms with Crippen LogP contribution in [0, 0.1) is 12.8 Å². The molecule has 3 N–H and O–H groups in total. The van der Waals surface area contributed by atoms with Crippen LogP contribution in [-0.2, 0) is 4.79 Å². The average Bonchev–Trinajstić information content (AvgIpc) is 2.76. The van der Waals surface area contributed by atoms with Crippen LogP contribution in [-0.4, -0.2) is 11.9 Å². The van der Waals surface area contributed by atoms with E-state index < -0.39 is 0 Å². The molecule has 3 unspecified atom stereocenters. The molecule has 0 bridgehead atoms. The molecule has 0 aromatic heterocycles. The van der Waals surface area contributed by atoms with Gasteiger partial charge in [-0.1, -0.05) is 36.2 Å². The van der Waals surface area contributed by atoms with Gasteiger partial charge in [0.2, 0.25) is 5.91 Å². The lowest BCUT2D eigenvalue weighted by molar-refractivity contribution is -0.125. The Morgan fingerprint density at radius 1 is 1.32 bits per heavy atom. The molecule has 1 aliphatic rings. The predicted octanol–water partition coefficient (Wildman–Crippen LogP) is 2.72. The van der Waals surface area contributed by atoms with Gasteiger partial charge in [0.05, 0.1) is 12.0 Å². The molecule has 1 aromatic carbocycles. The van der Waals surface area contributed by atoms with Gasteiger partial charge in [0.15, 0.2) is 0 Å². The fourth-order valence-electron chi connectivity index (χ4n) is 2.57. The summed E-state index contributed by atoms with van der Waals surface area (Å²) >= 11 is 0. The Labute approximate surface area is 121 Å². The number of halogens is 1. The highest BCUT2D eigenvalue weighted by Crippen LogP contribution is 2.25. The Balaban J connectivity index is 0.00000180. The molecule has 0 radical (unpaired) electrons. The van der Waals surface area contributed by atoms with Crippen LogP contribution in [0.3, 0.4) is 0 Å². The number of amides is 1. The lowest BCUT2D eigenvalue weighted by Crippen LogP contribution is -2.39. The summed E-state index contributed by atoms with van der Waals surface area (Å²) in [5, 5.41) is 3.07. The van der Waals surface area contributed by atoms with Crippen LogP contribution in [0.5, 0.6) is 0 Å². The lowest BCUT2D eigenvalue weighted by atomic mass is 10.0. The molecule has 0 heterocycles. The van der Waals surface area contributed by atoms with E-state index in [-0.39, 0.29) is 36.3 Å². The number of benzene rings is 1. The molecular weight excluding hydrogens is 260 g/mol. The Morgan fingerprint density at radius 3 is 2.47 bits per heavy atom. The molecular formula is C15H23ClN2O. The SMILES string of the molecule is Cc1ccc(C(C)NC(=O)C2CCCC2N)cc1.Cl. The maximum absolute atomic E-state index is 12.1. The van der Waals surface area contributed by atoms with Crippen molar-refractivity contribution in [1.82, 2.24) is 5.32 Å². The molecule has 19 heavy (non-hydrogen) atoms. The summed E-state index contributed by atoms with van der Waals surface area (Å²) < 4.78 is 0. The molecule has 106 valence electrons. The van der Waals surface area contributed by atoms with Crippen LogP contribution in [0.2, 0.25) is 0 Å². The molecule has 0 spiro atoms. The normalized spacial score (nSPS) is 23.5. The van der Waals surface area contributed by atoms with Crippen molar-refractivity contribution in [1.29, 1.82) is 0 Å². The van der Waals surface area contributed by atoms with E-state index >= 15 is 0 Å². The van der Waals surface area contributed by atoms with Crippen LogP contribution in [0.1, 0.15) is 43.4 Å². The molecule has 1 fully saturated rings. The standard InChI is InChI=1S/C15H22N2O.ClH/c1-10-6-8-12(9-7-10)11(2)17-15(18)13-4-3-5-14(13)16;/h6-9,11,13-14H,3-5,16H2,1-2H3,(H,17,18);1H. The number of hydrogen-bond acceptors (Lipinski definition) is 2. The average molecular weight is 283 g/mol. The smallest absolute Gasteiger partial charge is 0.225 e. The second-order valence-electron chi connectivity index (χ2n) is 5.34. The van der Waals surface area contributed by atoms with E-state index in [0.717, 1.165) is 24.8 Å². The fourth-order valence-corrected chi connectivity index (χ4v) is 2.57. The van der Waals surface area contributed by atoms with Gasteiger partial charge >= 0.3 is 0 Å². The Morgan fingerprint density at radius 2 is 1.95 bits per heavy atom. The lowest BCUT2D eigenvalue weighted by Gasteiger charge is -2.20. The largest absolute Gasteiger partial charge is 0.349 e. The van der Waals surface area contributed by atoms with Gasteiger partial charge in [0, 0.05) is 6.04 Å². The Kier molecular flexibility index (Phi) is 5.83. The van der Waals surface area contributed by atoms with Crippen molar-refractivity contribution in [3.8, 4) is 0 Å². The van der Waals surface area contributed by atoms with Gasteiger partial charge < -0.3 is 11.1 Å². The number of nitrogens with two attached hydrogens (primary N) is 1. The van der Waals surface area contributed by atoms with E-state index in [1.165, 1.54) is 5.56 Å². The molecule has 1 aliphatic carbocycles. The number of carbonyl (C=O) groups is 1. The molecule has 0 aliphatic heterocycles. The third-order valence-electron chi connectivity index (χ3n) is 3.84. The van der Waals surface area contributed by atoms with E-state index in [4.69, 9.17) is 5.73 Å². The summed E-state index contributed by atoms with van der Waals surface area (Å²) in [5.41, 5.74) is 8.32. The fraction of sp³-hybridized carbons (Fsp3) is 0.533. The summed E-state index contributed by atoms with van der Waals surface area (Å²) in [5.74, 6) is 0.103. The maximum Gasteiger partial charge on any atom is 0.225 e. The quantitative estimate of drug-likeness (QED) is 0.896. The number of nitrogens with one attached hydrogen (secondary N) is 1. The van der Waals surface area contributed by atoms with Gasteiger partial charge in [-0.3, -0.25) is 4.79 Å². The molecule has 1 saturated carbocycles. The first-order valence-corrected chi connectivity index (χ1v) is 6.70. The van der Waals surface area contributed by atoms with Crippen molar-refractivity contribution in [3.05, 3.63) is 35.4 Å². The summed E-state index contributed by atoms with van der Waals surface area (Å²) in [6.45, 7) is 4.08. The van der Waals surface area contributed by atoms with Crippen molar-refractivity contribution in [2.45, 2.75) is 45.2 Å². The minimum absolute atomic E-state index is 0. The molecule has 3 nitrogen and oxygen atoms in total. The number of hydrogen-bond donors (Lipinski definition) is 2. The van der Waals surface area contributed by atoms with E-state index in [1.54, 1.807) is 0 Å². The van der Waals surface area contributed by atoms with Crippen LogP contribution < -0.4 is 11.1 Å². The third kappa shape index (κ3) is 3.95. The zero-order chi connectivity index (χ0) is 13.1. The predicted molar refractivity (Wildman–Crippen MR) is 80.3 cm³/mol. The highest BCUT2D eigenvalue weighted by atomic mass is 35.5. The first kappa shape index (κ1) is 16.0. The van der Waals surface area contributed by atoms with E-state index in [9.17, 15) is 4.79 Å². The number of aryl methyl sites for hydroxylation is 1. The molecule has 2 rings (SSSR count). The maximum atomic E-state index is 12.1. The minimum atomic E-state index is -0.00195. The van der Waals surface area contributed by atoms with Crippen molar-refractivity contribution in [2.24, 2.45) is 11.7 Å². The Bertz CT molecular complexity index is 419. The summed E-state index contributed by atoms with van der Waals surface area (Å²) in [7, 11) is 0. The van der Waals surface area contributed by atoms with Crippen molar-refractivity contribution in [2.75, 3.05) is 0 Å². The van der Waals surface area contributed by atoms with E-state index in [1.807, 2.05) is 6.92 Å². The van der Waals surface area contributed by atoms with Crippen LogP contribution >= 0.6 is 12.4 Å². The van der Waals surface area contributed by atoms with Crippen molar-refractivity contribution < 1.29 is 4.79 Å². The van der Waals surface area contributed by atoms with Gasteiger partial charge in [-0.15, -0.1) is 12.4 Å². The van der Waals surface area contributed by atoms with Crippen LogP contribution in [0.4, 0.5) is 0 Å². The summed E-state index contributed by atoms with van der Waals surface area (Å²) in [6.07, 6.45) is 2.96. The highest BCUT2D eigenvalue weighted by Gasteiger charge is 2.30. The minimum Gasteiger partial charge on any atom is -0.349 e. The first-order chi connectivity index (χ1) is 8.58. The van der Waals surface area contributed by atoms with Gasteiger partial charge in [0.25, 0.3) is 0 Å². The molecule has 1 amide bonds. The zero-order valence-corrected chi connectivity index (χ0v) is 12.4. The van der Waals surface area contributed by atoms with E-state index in [2.05, 4.69) is 36.5 Å². The van der Waals surface area contributed by atoms with Gasteiger partial charge in [-0.2, -0.15) is 0 Å². The molecule has 0 saturated heterocycles. The van der Waals surface area contributed by atoms with Gasteiger partial charge in [-0.05, 0) is 32.3 Å².